The molecule has 1 aromatic rings. The highest BCUT2D eigenvalue weighted by molar-refractivity contribution is 5.74. The molecule has 1 saturated heterocycles. The summed E-state index contributed by atoms with van der Waals surface area (Å²) in [4.78, 5) is 13.8. The van der Waals surface area contributed by atoms with Gasteiger partial charge in [0.05, 0.1) is 0 Å². The molecule has 1 fully saturated rings. The van der Waals surface area contributed by atoms with Crippen LogP contribution in [0.2, 0.25) is 0 Å². The van der Waals surface area contributed by atoms with E-state index in [0.717, 1.165) is 42.7 Å². The number of nitrogens with one attached hydrogen (secondary N) is 1. The van der Waals surface area contributed by atoms with Crippen molar-refractivity contribution in [3.8, 4) is 0 Å². The van der Waals surface area contributed by atoms with Crippen LogP contribution in [0.15, 0.2) is 18.2 Å². The largest absolute Gasteiger partial charge is 0.399 e. The zero-order valence-electron chi connectivity index (χ0n) is 10.9. The highest BCUT2D eigenvalue weighted by Crippen LogP contribution is 2.15. The molecule has 0 aromatic heterocycles. The van der Waals surface area contributed by atoms with Gasteiger partial charge in [-0.15, -0.1) is 0 Å². The summed E-state index contributed by atoms with van der Waals surface area (Å²) in [7, 11) is 0. The number of anilines is 1. The highest BCUT2D eigenvalue weighted by atomic mass is 16.2. The van der Waals surface area contributed by atoms with Gasteiger partial charge in [-0.05, 0) is 43.4 Å². The van der Waals surface area contributed by atoms with Crippen LogP contribution in [0.25, 0.3) is 0 Å². The summed E-state index contributed by atoms with van der Waals surface area (Å²) in [6.45, 7) is 4.29. The second-order valence-electron chi connectivity index (χ2n) is 4.84. The second-order valence-corrected chi connectivity index (χ2v) is 4.84. The number of nitrogens with two attached hydrogens (primary N) is 1. The number of likely N-dealkylation sites (tertiary alicyclic amines) is 1. The first kappa shape index (κ1) is 12.7. The quantitative estimate of drug-likeness (QED) is 0.788. The Kier molecular flexibility index (Phi) is 4.07. The van der Waals surface area contributed by atoms with E-state index in [1.807, 2.05) is 30.0 Å². The Labute approximate surface area is 108 Å². The second kappa shape index (κ2) is 5.76. The number of amides is 2. The van der Waals surface area contributed by atoms with Gasteiger partial charge in [-0.1, -0.05) is 12.1 Å². The third-order valence-corrected chi connectivity index (χ3v) is 3.56. The zero-order chi connectivity index (χ0) is 13.0. The number of benzene rings is 1. The van der Waals surface area contributed by atoms with Crippen LogP contribution in [0.1, 0.15) is 30.4 Å². The Morgan fingerprint density at radius 1 is 1.33 bits per heavy atom. The van der Waals surface area contributed by atoms with Crippen molar-refractivity contribution in [2.45, 2.75) is 32.7 Å². The molecule has 0 spiro atoms. The number of hydrogen-bond acceptors (Lipinski definition) is 2. The summed E-state index contributed by atoms with van der Waals surface area (Å²) >= 11 is 0. The van der Waals surface area contributed by atoms with Gasteiger partial charge < -0.3 is 16.0 Å². The molecule has 2 amide bonds. The summed E-state index contributed by atoms with van der Waals surface area (Å²) in [5.74, 6) is 0. The summed E-state index contributed by atoms with van der Waals surface area (Å²) in [6, 6.07) is 5.84. The van der Waals surface area contributed by atoms with Gasteiger partial charge in [0.1, 0.15) is 0 Å². The minimum atomic E-state index is 0.0384. The molecule has 4 nitrogen and oxygen atoms in total. The van der Waals surface area contributed by atoms with E-state index < -0.39 is 0 Å². The molecular weight excluding hydrogens is 226 g/mol. The number of urea groups is 1. The molecule has 2 rings (SSSR count). The summed E-state index contributed by atoms with van der Waals surface area (Å²) in [5.41, 5.74) is 8.76. The van der Waals surface area contributed by atoms with Crippen molar-refractivity contribution in [2.24, 2.45) is 0 Å². The summed E-state index contributed by atoms with van der Waals surface area (Å²) in [5, 5.41) is 2.97. The molecule has 3 N–H and O–H groups in total. The van der Waals surface area contributed by atoms with E-state index in [1.165, 1.54) is 6.42 Å². The maximum absolute atomic E-state index is 12.0. The Morgan fingerprint density at radius 3 is 2.78 bits per heavy atom. The molecule has 0 aliphatic carbocycles. The van der Waals surface area contributed by atoms with Crippen LogP contribution in [0, 0.1) is 6.92 Å². The number of rotatable bonds is 2. The maximum Gasteiger partial charge on any atom is 0.317 e. The third-order valence-electron chi connectivity index (χ3n) is 3.56. The number of piperidine rings is 1. The van der Waals surface area contributed by atoms with Gasteiger partial charge in [0.25, 0.3) is 0 Å². The van der Waals surface area contributed by atoms with Gasteiger partial charge in [-0.25, -0.2) is 4.79 Å². The molecule has 98 valence electrons. The SMILES string of the molecule is Cc1c(N)cccc1CNC(=O)N1CCCCC1. The lowest BCUT2D eigenvalue weighted by atomic mass is 10.1. The fourth-order valence-electron chi connectivity index (χ4n) is 2.27. The minimum absolute atomic E-state index is 0.0384. The van der Waals surface area contributed by atoms with E-state index in [0.29, 0.717) is 6.54 Å². The maximum atomic E-state index is 12.0. The highest BCUT2D eigenvalue weighted by Gasteiger charge is 2.15. The van der Waals surface area contributed by atoms with Gasteiger partial charge in [0.15, 0.2) is 0 Å². The van der Waals surface area contributed by atoms with Crippen molar-refractivity contribution < 1.29 is 4.79 Å². The predicted molar refractivity (Wildman–Crippen MR) is 73.3 cm³/mol. The van der Waals surface area contributed by atoms with Gasteiger partial charge in [0, 0.05) is 25.3 Å². The van der Waals surface area contributed by atoms with E-state index in [9.17, 15) is 4.79 Å². The molecule has 1 aromatic carbocycles. The van der Waals surface area contributed by atoms with Crippen LogP contribution in [0.3, 0.4) is 0 Å². The van der Waals surface area contributed by atoms with Crippen molar-refractivity contribution >= 4 is 11.7 Å². The smallest absolute Gasteiger partial charge is 0.317 e. The van der Waals surface area contributed by atoms with Gasteiger partial charge in [-0.3, -0.25) is 0 Å². The zero-order valence-corrected chi connectivity index (χ0v) is 10.9. The van der Waals surface area contributed by atoms with Gasteiger partial charge in [0.2, 0.25) is 0 Å². The molecule has 0 radical (unpaired) electrons. The summed E-state index contributed by atoms with van der Waals surface area (Å²) in [6.07, 6.45) is 3.47. The monoisotopic (exact) mass is 247 g/mol. The first-order valence-electron chi connectivity index (χ1n) is 6.55. The first-order valence-corrected chi connectivity index (χ1v) is 6.55. The average molecular weight is 247 g/mol. The first-order chi connectivity index (χ1) is 8.68. The Bertz CT molecular complexity index is 425. The molecule has 18 heavy (non-hydrogen) atoms. The molecule has 0 atom stereocenters. The predicted octanol–water partition coefficient (Wildman–Crippen LogP) is 2.27. The molecular formula is C14H21N3O. The minimum Gasteiger partial charge on any atom is -0.399 e. The van der Waals surface area contributed by atoms with E-state index >= 15 is 0 Å². The standard InChI is InChI=1S/C14H21N3O/c1-11-12(6-5-7-13(11)15)10-16-14(18)17-8-3-2-4-9-17/h5-7H,2-4,8-10,15H2,1H3,(H,16,18). The Morgan fingerprint density at radius 2 is 2.06 bits per heavy atom. The number of nitrogens with zero attached hydrogens (tertiary/aromatic N) is 1. The normalized spacial score (nSPS) is 15.5. The van der Waals surface area contributed by atoms with E-state index in [2.05, 4.69) is 5.32 Å². The van der Waals surface area contributed by atoms with Crippen molar-refractivity contribution in [2.75, 3.05) is 18.8 Å². The van der Waals surface area contributed by atoms with Crippen LogP contribution in [0.4, 0.5) is 10.5 Å². The summed E-state index contributed by atoms with van der Waals surface area (Å²) < 4.78 is 0. The Balaban J connectivity index is 1.90. The topological polar surface area (TPSA) is 58.4 Å². The van der Waals surface area contributed by atoms with Gasteiger partial charge >= 0.3 is 6.03 Å². The van der Waals surface area contributed by atoms with Crippen LogP contribution in [-0.2, 0) is 6.54 Å². The van der Waals surface area contributed by atoms with E-state index in [-0.39, 0.29) is 6.03 Å². The number of carbonyl (C=O) groups is 1. The van der Waals surface area contributed by atoms with Crippen molar-refractivity contribution in [1.82, 2.24) is 10.2 Å². The van der Waals surface area contributed by atoms with E-state index in [4.69, 9.17) is 5.73 Å². The number of nitrogen functional groups attached to an aromatic ring is 1. The van der Waals surface area contributed by atoms with E-state index in [1.54, 1.807) is 0 Å². The van der Waals surface area contributed by atoms with Gasteiger partial charge in [-0.2, -0.15) is 0 Å². The molecule has 1 aliphatic rings. The van der Waals surface area contributed by atoms with Crippen LogP contribution < -0.4 is 11.1 Å². The van der Waals surface area contributed by atoms with Crippen molar-refractivity contribution in [3.05, 3.63) is 29.3 Å². The molecule has 1 aliphatic heterocycles. The third kappa shape index (κ3) is 2.94. The van der Waals surface area contributed by atoms with Crippen molar-refractivity contribution in [3.63, 3.8) is 0 Å². The van der Waals surface area contributed by atoms with Crippen molar-refractivity contribution in [1.29, 1.82) is 0 Å². The van der Waals surface area contributed by atoms with Crippen LogP contribution >= 0.6 is 0 Å². The lowest BCUT2D eigenvalue weighted by Crippen LogP contribution is -2.42. The molecule has 0 saturated carbocycles. The molecule has 0 unspecified atom stereocenters. The fraction of sp³-hybridized carbons (Fsp3) is 0.500. The number of hydrogen-bond donors (Lipinski definition) is 2. The lowest BCUT2D eigenvalue weighted by molar-refractivity contribution is 0.186. The van der Waals surface area contributed by atoms with Crippen LogP contribution in [0.5, 0.6) is 0 Å². The molecule has 1 heterocycles. The lowest BCUT2D eigenvalue weighted by Gasteiger charge is -2.27. The number of carbonyl (C=O) groups excluding carboxylic acids is 1. The molecule has 0 bridgehead atoms. The fourth-order valence-corrected chi connectivity index (χ4v) is 2.27. The average Bonchev–Trinajstić information content (AvgIpc) is 2.41. The Hall–Kier alpha value is -1.71. The molecule has 4 heteroatoms. The van der Waals surface area contributed by atoms with Crippen LogP contribution in [-0.4, -0.2) is 24.0 Å².